The van der Waals surface area contributed by atoms with Crippen molar-refractivity contribution in [3.8, 4) is 0 Å². The third-order valence-corrected chi connectivity index (χ3v) is 4.11. The third-order valence-electron chi connectivity index (χ3n) is 4.11. The molecule has 0 saturated carbocycles. The number of piperidine rings is 1. The van der Waals surface area contributed by atoms with Crippen molar-refractivity contribution in [2.24, 2.45) is 13.0 Å². The number of nitrogens with one attached hydrogen (secondary N) is 2. The Bertz CT molecular complexity index is 484. The van der Waals surface area contributed by atoms with Crippen LogP contribution in [0.3, 0.4) is 0 Å². The lowest BCUT2D eigenvalue weighted by Crippen LogP contribution is -2.47. The van der Waals surface area contributed by atoms with E-state index in [1.165, 1.54) is 12.8 Å². The number of rotatable bonds is 4. The van der Waals surface area contributed by atoms with Gasteiger partial charge in [-0.2, -0.15) is 5.10 Å². The molecule has 2 N–H and O–H groups in total. The smallest absolute Gasteiger partial charge is 0.320 e. The van der Waals surface area contributed by atoms with Crippen molar-refractivity contribution in [1.29, 1.82) is 0 Å². The maximum Gasteiger partial charge on any atom is 0.320 e. The summed E-state index contributed by atoms with van der Waals surface area (Å²) < 4.78 is 1.67. The highest BCUT2D eigenvalue weighted by Crippen LogP contribution is 2.17. The SMILES string of the molecule is Cc1cc(NC(=O)NCC(C)N2CCCC(C)C2)n(C)n1. The highest BCUT2D eigenvalue weighted by Gasteiger charge is 2.21. The Morgan fingerprint density at radius 1 is 1.57 bits per heavy atom. The molecule has 2 rings (SSSR count). The maximum atomic E-state index is 11.9. The minimum atomic E-state index is -0.171. The van der Waals surface area contributed by atoms with E-state index in [4.69, 9.17) is 0 Å². The minimum absolute atomic E-state index is 0.171. The number of hydrogen-bond acceptors (Lipinski definition) is 3. The largest absolute Gasteiger partial charge is 0.336 e. The van der Waals surface area contributed by atoms with Gasteiger partial charge in [-0.25, -0.2) is 4.79 Å². The molecular weight excluding hydrogens is 266 g/mol. The first-order chi connectivity index (χ1) is 9.95. The van der Waals surface area contributed by atoms with Crippen molar-refractivity contribution >= 4 is 11.8 Å². The molecule has 118 valence electrons. The summed E-state index contributed by atoms with van der Waals surface area (Å²) in [5, 5.41) is 9.98. The Balaban J connectivity index is 1.77. The van der Waals surface area contributed by atoms with Crippen LogP contribution in [-0.2, 0) is 7.05 Å². The van der Waals surface area contributed by atoms with Crippen LogP contribution in [0.25, 0.3) is 0 Å². The molecule has 0 aliphatic carbocycles. The Morgan fingerprint density at radius 2 is 2.33 bits per heavy atom. The fraction of sp³-hybridized carbons (Fsp3) is 0.733. The predicted octanol–water partition coefficient (Wildman–Crippen LogP) is 1.97. The van der Waals surface area contributed by atoms with E-state index in [9.17, 15) is 4.79 Å². The van der Waals surface area contributed by atoms with Gasteiger partial charge in [0.1, 0.15) is 5.82 Å². The molecule has 2 heterocycles. The van der Waals surface area contributed by atoms with Gasteiger partial charge >= 0.3 is 6.03 Å². The molecule has 21 heavy (non-hydrogen) atoms. The number of carbonyl (C=O) groups is 1. The molecule has 0 bridgehead atoms. The lowest BCUT2D eigenvalue weighted by Gasteiger charge is -2.35. The van der Waals surface area contributed by atoms with Gasteiger partial charge in [-0.3, -0.25) is 14.9 Å². The van der Waals surface area contributed by atoms with Crippen molar-refractivity contribution in [3.63, 3.8) is 0 Å². The number of aryl methyl sites for hydroxylation is 2. The summed E-state index contributed by atoms with van der Waals surface area (Å²) in [4.78, 5) is 14.4. The number of likely N-dealkylation sites (tertiary alicyclic amines) is 1. The number of nitrogens with zero attached hydrogens (tertiary/aromatic N) is 3. The summed E-state index contributed by atoms with van der Waals surface area (Å²) in [6, 6.07) is 2.05. The zero-order valence-electron chi connectivity index (χ0n) is 13.5. The van der Waals surface area contributed by atoms with E-state index in [1.807, 2.05) is 20.0 Å². The average molecular weight is 293 g/mol. The van der Waals surface area contributed by atoms with Crippen molar-refractivity contribution in [2.75, 3.05) is 25.0 Å². The van der Waals surface area contributed by atoms with Gasteiger partial charge in [0.15, 0.2) is 0 Å². The fourth-order valence-corrected chi connectivity index (χ4v) is 2.88. The standard InChI is InChI=1S/C15H27N5O/c1-11-6-5-7-20(10-11)13(3)9-16-15(21)17-14-8-12(2)18-19(14)4/h8,11,13H,5-7,9-10H2,1-4H3,(H2,16,17,21). The van der Waals surface area contributed by atoms with Gasteiger partial charge in [0.05, 0.1) is 5.69 Å². The lowest BCUT2D eigenvalue weighted by molar-refractivity contribution is 0.138. The summed E-state index contributed by atoms with van der Waals surface area (Å²) in [7, 11) is 1.82. The van der Waals surface area contributed by atoms with Crippen LogP contribution in [0.1, 0.15) is 32.4 Å². The van der Waals surface area contributed by atoms with E-state index in [-0.39, 0.29) is 6.03 Å². The summed E-state index contributed by atoms with van der Waals surface area (Å²) in [5.41, 5.74) is 0.892. The van der Waals surface area contributed by atoms with Crippen LogP contribution in [0.15, 0.2) is 6.07 Å². The van der Waals surface area contributed by atoms with Crippen LogP contribution in [-0.4, -0.2) is 46.4 Å². The molecule has 0 radical (unpaired) electrons. The van der Waals surface area contributed by atoms with Crippen LogP contribution in [0.5, 0.6) is 0 Å². The average Bonchev–Trinajstić information content (AvgIpc) is 2.74. The quantitative estimate of drug-likeness (QED) is 0.892. The van der Waals surface area contributed by atoms with Crippen LogP contribution in [0.2, 0.25) is 0 Å². The number of hydrogen-bond donors (Lipinski definition) is 2. The fourth-order valence-electron chi connectivity index (χ4n) is 2.88. The Labute approximate surface area is 126 Å². The molecule has 2 atom stereocenters. The first kappa shape index (κ1) is 15.8. The van der Waals surface area contributed by atoms with Crippen LogP contribution in [0, 0.1) is 12.8 Å². The van der Waals surface area contributed by atoms with Gasteiger partial charge in [0.25, 0.3) is 0 Å². The summed E-state index contributed by atoms with van der Waals surface area (Å²) in [5.74, 6) is 1.47. The topological polar surface area (TPSA) is 62.2 Å². The van der Waals surface area contributed by atoms with E-state index in [1.54, 1.807) is 4.68 Å². The number of aromatic nitrogens is 2. The van der Waals surface area contributed by atoms with E-state index >= 15 is 0 Å². The molecule has 2 unspecified atom stereocenters. The second kappa shape index (κ2) is 6.93. The summed E-state index contributed by atoms with van der Waals surface area (Å²) in [6.07, 6.45) is 2.57. The molecule has 0 aromatic carbocycles. The molecule has 1 saturated heterocycles. The van der Waals surface area contributed by atoms with E-state index in [2.05, 4.69) is 34.5 Å². The van der Waals surface area contributed by atoms with Crippen molar-refractivity contribution in [1.82, 2.24) is 20.0 Å². The number of carbonyl (C=O) groups excluding carboxylic acids is 1. The zero-order chi connectivity index (χ0) is 15.4. The normalized spacial score (nSPS) is 21.0. The predicted molar refractivity (Wildman–Crippen MR) is 84.4 cm³/mol. The van der Waals surface area contributed by atoms with Gasteiger partial charge in [-0.1, -0.05) is 6.92 Å². The van der Waals surface area contributed by atoms with Crippen molar-refractivity contribution < 1.29 is 4.79 Å². The van der Waals surface area contributed by atoms with E-state index in [0.29, 0.717) is 18.4 Å². The first-order valence-electron chi connectivity index (χ1n) is 7.75. The van der Waals surface area contributed by atoms with E-state index in [0.717, 1.165) is 24.7 Å². The number of anilines is 1. The molecule has 1 aliphatic heterocycles. The monoisotopic (exact) mass is 293 g/mol. The molecule has 1 aromatic rings. The molecule has 0 spiro atoms. The molecule has 1 aromatic heterocycles. The summed E-state index contributed by atoms with van der Waals surface area (Å²) in [6.45, 7) is 9.30. The Hall–Kier alpha value is -1.56. The maximum absolute atomic E-state index is 11.9. The molecule has 1 aliphatic rings. The number of urea groups is 1. The first-order valence-corrected chi connectivity index (χ1v) is 7.75. The van der Waals surface area contributed by atoms with Gasteiger partial charge in [-0.15, -0.1) is 0 Å². The second-order valence-electron chi connectivity index (χ2n) is 6.22. The van der Waals surface area contributed by atoms with Crippen molar-refractivity contribution in [3.05, 3.63) is 11.8 Å². The molecule has 1 fully saturated rings. The van der Waals surface area contributed by atoms with Crippen molar-refractivity contribution in [2.45, 2.75) is 39.7 Å². The molecular formula is C15H27N5O. The van der Waals surface area contributed by atoms with Gasteiger partial charge < -0.3 is 5.32 Å². The molecule has 2 amide bonds. The minimum Gasteiger partial charge on any atom is -0.336 e. The molecule has 6 heteroatoms. The number of amides is 2. The van der Waals surface area contributed by atoms with Gasteiger partial charge in [-0.05, 0) is 39.2 Å². The second-order valence-corrected chi connectivity index (χ2v) is 6.22. The Morgan fingerprint density at radius 3 is 2.95 bits per heavy atom. The van der Waals surface area contributed by atoms with Crippen LogP contribution in [0.4, 0.5) is 10.6 Å². The zero-order valence-corrected chi connectivity index (χ0v) is 13.5. The van der Waals surface area contributed by atoms with E-state index < -0.39 is 0 Å². The summed E-state index contributed by atoms with van der Waals surface area (Å²) >= 11 is 0. The van der Waals surface area contributed by atoms with Crippen LogP contribution >= 0.6 is 0 Å². The molecule has 6 nitrogen and oxygen atoms in total. The van der Waals surface area contributed by atoms with Gasteiger partial charge in [0, 0.05) is 32.2 Å². The third kappa shape index (κ3) is 4.46. The highest BCUT2D eigenvalue weighted by molar-refractivity contribution is 5.88. The highest BCUT2D eigenvalue weighted by atomic mass is 16.2. The van der Waals surface area contributed by atoms with Gasteiger partial charge in [0.2, 0.25) is 0 Å². The van der Waals surface area contributed by atoms with Crippen LogP contribution < -0.4 is 10.6 Å². The lowest BCUT2D eigenvalue weighted by atomic mass is 9.99. The Kier molecular flexibility index (Phi) is 5.22.